The van der Waals surface area contributed by atoms with Gasteiger partial charge in [-0.3, -0.25) is 4.90 Å². The fourth-order valence-electron chi connectivity index (χ4n) is 4.69. The summed E-state index contributed by atoms with van der Waals surface area (Å²) in [7, 11) is 2.22. The molecule has 4 nitrogen and oxygen atoms in total. The number of aliphatic hydroxyl groups is 1. The molecule has 3 heterocycles. The van der Waals surface area contributed by atoms with Gasteiger partial charge in [-0.05, 0) is 57.1 Å². The van der Waals surface area contributed by atoms with Crippen molar-refractivity contribution >= 4 is 0 Å². The molecule has 2 aliphatic rings. The van der Waals surface area contributed by atoms with Crippen molar-refractivity contribution in [2.45, 2.75) is 31.8 Å². The smallest absolute Gasteiger partial charge is 0.133 e. The summed E-state index contributed by atoms with van der Waals surface area (Å²) in [5.74, 6) is 0.918. The molecule has 0 radical (unpaired) electrons. The maximum absolute atomic E-state index is 10.0. The van der Waals surface area contributed by atoms with Crippen molar-refractivity contribution < 1.29 is 9.52 Å². The average molecular weight is 340 g/mol. The summed E-state index contributed by atoms with van der Waals surface area (Å²) < 4.78 is 5.46. The predicted octanol–water partition coefficient (Wildman–Crippen LogP) is 3.23. The Morgan fingerprint density at radius 3 is 2.72 bits per heavy atom. The highest BCUT2D eigenvalue weighted by Gasteiger charge is 2.46. The Hall–Kier alpha value is -1.62. The lowest BCUT2D eigenvalue weighted by molar-refractivity contribution is -0.0684. The molecule has 1 aromatic heterocycles. The minimum Gasteiger partial charge on any atom is -0.464 e. The fourth-order valence-corrected chi connectivity index (χ4v) is 4.69. The first-order valence-corrected chi connectivity index (χ1v) is 9.36. The molecular formula is C21H28N2O2. The van der Waals surface area contributed by atoms with Gasteiger partial charge in [-0.25, -0.2) is 0 Å². The molecule has 0 amide bonds. The Labute approximate surface area is 150 Å². The number of likely N-dealkylation sites (N-methyl/N-ethyl adjacent to an activating group) is 1. The molecule has 0 bridgehead atoms. The molecule has 4 rings (SSSR count). The van der Waals surface area contributed by atoms with Crippen LogP contribution in [0.1, 0.15) is 24.8 Å². The van der Waals surface area contributed by atoms with Gasteiger partial charge in [-0.1, -0.05) is 24.3 Å². The van der Waals surface area contributed by atoms with Gasteiger partial charge in [0.25, 0.3) is 0 Å². The van der Waals surface area contributed by atoms with E-state index in [-0.39, 0.29) is 5.41 Å². The van der Waals surface area contributed by atoms with E-state index in [2.05, 4.69) is 41.1 Å². The molecular weight excluding hydrogens is 312 g/mol. The van der Waals surface area contributed by atoms with Crippen LogP contribution in [0.3, 0.4) is 0 Å². The van der Waals surface area contributed by atoms with Crippen LogP contribution >= 0.6 is 0 Å². The Balaban J connectivity index is 1.43. The molecule has 1 aromatic carbocycles. The van der Waals surface area contributed by atoms with E-state index in [4.69, 9.17) is 4.42 Å². The number of nitrogens with zero attached hydrogens (tertiary/aromatic N) is 2. The van der Waals surface area contributed by atoms with E-state index in [9.17, 15) is 5.11 Å². The number of fused-ring (bicyclic) bond motifs is 1. The molecule has 4 heteroatoms. The third kappa shape index (κ3) is 3.26. The molecule has 2 fully saturated rings. The third-order valence-electron chi connectivity index (χ3n) is 6.26. The summed E-state index contributed by atoms with van der Waals surface area (Å²) in [6, 6.07) is 13.1. The van der Waals surface area contributed by atoms with Gasteiger partial charge in [0.2, 0.25) is 0 Å². The van der Waals surface area contributed by atoms with Gasteiger partial charge in [0.05, 0.1) is 12.9 Å². The van der Waals surface area contributed by atoms with Crippen LogP contribution in [0.5, 0.6) is 0 Å². The molecule has 2 aromatic rings. The Morgan fingerprint density at radius 1 is 1.16 bits per heavy atom. The molecule has 1 N–H and O–H groups in total. The standard InChI is InChI=1S/C21H28N2O2/c1-22-11-3-9-21(16-24)10-12-23(15-20(21)22)14-17-5-7-18(8-6-17)19-4-2-13-25-19/h2,4-8,13,20,24H,3,9-12,14-16H2,1H3/t20-,21-/m1/s1. The monoisotopic (exact) mass is 340 g/mol. The van der Waals surface area contributed by atoms with Crippen LogP contribution in [0, 0.1) is 5.41 Å². The van der Waals surface area contributed by atoms with E-state index >= 15 is 0 Å². The van der Waals surface area contributed by atoms with Gasteiger partial charge in [0.1, 0.15) is 5.76 Å². The second kappa shape index (κ2) is 6.94. The molecule has 0 unspecified atom stereocenters. The van der Waals surface area contributed by atoms with Gasteiger partial charge >= 0.3 is 0 Å². The van der Waals surface area contributed by atoms with Crippen molar-refractivity contribution in [3.8, 4) is 11.3 Å². The molecule has 0 aliphatic carbocycles. The lowest BCUT2D eigenvalue weighted by Crippen LogP contribution is -2.61. The highest BCUT2D eigenvalue weighted by atomic mass is 16.3. The van der Waals surface area contributed by atoms with Gasteiger partial charge in [-0.15, -0.1) is 0 Å². The highest BCUT2D eigenvalue weighted by Crippen LogP contribution is 2.41. The van der Waals surface area contributed by atoms with Crippen molar-refractivity contribution in [1.82, 2.24) is 9.80 Å². The van der Waals surface area contributed by atoms with Crippen LogP contribution in [0.25, 0.3) is 11.3 Å². The SMILES string of the molecule is CN1CCC[C@]2(CO)CCN(Cc3ccc(-c4ccco4)cc3)C[C@@H]12. The van der Waals surface area contributed by atoms with Gasteiger partial charge in [0, 0.05) is 30.1 Å². The van der Waals surface area contributed by atoms with Gasteiger partial charge in [0.15, 0.2) is 0 Å². The number of furan rings is 1. The maximum atomic E-state index is 10.0. The molecule has 2 atom stereocenters. The normalized spacial score (nSPS) is 28.0. The molecule has 0 saturated carbocycles. The van der Waals surface area contributed by atoms with Crippen LogP contribution in [0.4, 0.5) is 0 Å². The Kier molecular flexibility index (Phi) is 4.67. The van der Waals surface area contributed by atoms with Crippen molar-refractivity contribution in [3.63, 3.8) is 0 Å². The van der Waals surface area contributed by atoms with Gasteiger partial charge < -0.3 is 14.4 Å². The van der Waals surface area contributed by atoms with E-state index in [1.54, 1.807) is 6.26 Å². The first kappa shape index (κ1) is 16.8. The topological polar surface area (TPSA) is 39.9 Å². The Bertz CT molecular complexity index is 682. The van der Waals surface area contributed by atoms with Crippen molar-refractivity contribution in [2.75, 3.05) is 33.3 Å². The molecule has 134 valence electrons. The highest BCUT2D eigenvalue weighted by molar-refractivity contribution is 5.57. The first-order chi connectivity index (χ1) is 12.2. The maximum Gasteiger partial charge on any atom is 0.133 e. The average Bonchev–Trinajstić information content (AvgIpc) is 3.18. The summed E-state index contributed by atoms with van der Waals surface area (Å²) in [6.45, 7) is 4.58. The van der Waals surface area contributed by atoms with Crippen LogP contribution in [0.15, 0.2) is 47.1 Å². The number of likely N-dealkylation sites (tertiary alicyclic amines) is 2. The number of piperidine rings is 2. The number of hydrogen-bond donors (Lipinski definition) is 1. The predicted molar refractivity (Wildman–Crippen MR) is 99.2 cm³/mol. The quantitative estimate of drug-likeness (QED) is 0.928. The largest absolute Gasteiger partial charge is 0.464 e. The number of benzene rings is 1. The van der Waals surface area contributed by atoms with Crippen LogP contribution in [-0.4, -0.2) is 54.2 Å². The minimum absolute atomic E-state index is 0.118. The van der Waals surface area contributed by atoms with E-state index in [0.717, 1.165) is 43.9 Å². The summed E-state index contributed by atoms with van der Waals surface area (Å²) in [5.41, 5.74) is 2.58. The molecule has 0 spiro atoms. The zero-order valence-corrected chi connectivity index (χ0v) is 15.0. The minimum atomic E-state index is 0.118. The molecule has 25 heavy (non-hydrogen) atoms. The Morgan fingerprint density at radius 2 is 2.00 bits per heavy atom. The van der Waals surface area contributed by atoms with Crippen molar-refractivity contribution in [2.24, 2.45) is 5.41 Å². The lowest BCUT2D eigenvalue weighted by atomic mass is 9.69. The second-order valence-corrected chi connectivity index (χ2v) is 7.78. The van der Waals surface area contributed by atoms with Crippen LogP contribution < -0.4 is 0 Å². The number of rotatable bonds is 4. The summed E-state index contributed by atoms with van der Waals surface area (Å²) >= 11 is 0. The number of aliphatic hydroxyl groups excluding tert-OH is 1. The van der Waals surface area contributed by atoms with E-state index in [0.29, 0.717) is 12.6 Å². The summed E-state index contributed by atoms with van der Waals surface area (Å²) in [5, 5.41) is 10.0. The first-order valence-electron chi connectivity index (χ1n) is 9.36. The third-order valence-corrected chi connectivity index (χ3v) is 6.26. The van der Waals surface area contributed by atoms with Crippen LogP contribution in [-0.2, 0) is 6.54 Å². The summed E-state index contributed by atoms with van der Waals surface area (Å²) in [6.07, 6.45) is 5.19. The zero-order valence-electron chi connectivity index (χ0n) is 15.0. The van der Waals surface area contributed by atoms with Gasteiger partial charge in [-0.2, -0.15) is 0 Å². The van der Waals surface area contributed by atoms with Crippen molar-refractivity contribution in [1.29, 1.82) is 0 Å². The molecule has 2 saturated heterocycles. The second-order valence-electron chi connectivity index (χ2n) is 7.78. The zero-order chi connectivity index (χ0) is 17.3. The fraction of sp³-hybridized carbons (Fsp3) is 0.524. The van der Waals surface area contributed by atoms with Crippen LogP contribution in [0.2, 0.25) is 0 Å². The lowest BCUT2D eigenvalue weighted by Gasteiger charge is -2.53. The van der Waals surface area contributed by atoms with E-state index in [1.807, 2.05) is 12.1 Å². The number of hydrogen-bond acceptors (Lipinski definition) is 4. The van der Waals surface area contributed by atoms with Crippen molar-refractivity contribution in [3.05, 3.63) is 48.2 Å². The van der Waals surface area contributed by atoms with E-state index < -0.39 is 0 Å². The van der Waals surface area contributed by atoms with E-state index in [1.165, 1.54) is 18.4 Å². The molecule has 2 aliphatic heterocycles. The summed E-state index contributed by atoms with van der Waals surface area (Å²) in [4.78, 5) is 5.01.